The highest BCUT2D eigenvalue weighted by molar-refractivity contribution is 5.56. The minimum Gasteiger partial charge on any atom is -0.507 e. The molecular formula is C29H31F3O3. The molecule has 6 heteroatoms. The number of aliphatic hydroxyl groups is 1. The van der Waals surface area contributed by atoms with Gasteiger partial charge in [0.2, 0.25) is 0 Å². The summed E-state index contributed by atoms with van der Waals surface area (Å²) in [6, 6.07) is 14.2. The van der Waals surface area contributed by atoms with E-state index in [9.17, 15) is 14.6 Å². The number of phenols is 1. The lowest BCUT2D eigenvalue weighted by atomic mass is 9.72. The first-order valence-corrected chi connectivity index (χ1v) is 11.6. The summed E-state index contributed by atoms with van der Waals surface area (Å²) in [5, 5.41) is 22.5. The van der Waals surface area contributed by atoms with Gasteiger partial charge in [-0.1, -0.05) is 96.1 Å². The van der Waals surface area contributed by atoms with Crippen molar-refractivity contribution < 1.29 is 28.1 Å². The molecule has 0 radical (unpaired) electrons. The average Bonchev–Trinajstić information content (AvgIpc) is 2.75. The van der Waals surface area contributed by atoms with Gasteiger partial charge in [0.05, 0.1) is 5.92 Å². The van der Waals surface area contributed by atoms with E-state index >= 15 is 8.78 Å². The molecule has 2 atom stereocenters. The van der Waals surface area contributed by atoms with Crippen LogP contribution in [0.25, 0.3) is 0 Å². The zero-order chi connectivity index (χ0) is 26.0. The molecule has 3 aromatic carbocycles. The Labute approximate surface area is 204 Å². The van der Waals surface area contributed by atoms with Crippen molar-refractivity contribution in [2.24, 2.45) is 0 Å². The van der Waals surface area contributed by atoms with Crippen LogP contribution in [-0.4, -0.2) is 16.1 Å². The first-order valence-electron chi connectivity index (χ1n) is 11.6. The number of para-hydroxylation sites is 1. The fourth-order valence-electron chi connectivity index (χ4n) is 4.74. The summed E-state index contributed by atoms with van der Waals surface area (Å²) in [5.74, 6) is -9.97. The van der Waals surface area contributed by atoms with E-state index in [0.717, 1.165) is 6.07 Å². The van der Waals surface area contributed by atoms with Crippen molar-refractivity contribution in [1.82, 2.24) is 0 Å². The van der Waals surface area contributed by atoms with Crippen LogP contribution in [0.2, 0.25) is 0 Å². The SMILES string of the molecule is CC(C)(C)c1cc(C2c3cccc(F)c3OC(O)(c3ccccc3)C2(F)F)cc(C(C)(C)C)c1O. The van der Waals surface area contributed by atoms with Crippen molar-refractivity contribution in [2.45, 2.75) is 70.0 Å². The van der Waals surface area contributed by atoms with Crippen LogP contribution in [0.3, 0.4) is 0 Å². The lowest BCUT2D eigenvalue weighted by Gasteiger charge is -2.45. The van der Waals surface area contributed by atoms with Gasteiger partial charge in [0.15, 0.2) is 11.6 Å². The van der Waals surface area contributed by atoms with E-state index in [1.54, 1.807) is 6.07 Å². The largest absolute Gasteiger partial charge is 0.507 e. The highest BCUT2D eigenvalue weighted by Crippen LogP contribution is 2.58. The molecule has 1 aliphatic heterocycles. The van der Waals surface area contributed by atoms with Crippen LogP contribution in [-0.2, 0) is 16.6 Å². The van der Waals surface area contributed by atoms with Gasteiger partial charge in [-0.25, -0.2) is 4.39 Å². The van der Waals surface area contributed by atoms with E-state index in [0.29, 0.717) is 11.1 Å². The van der Waals surface area contributed by atoms with Gasteiger partial charge in [-0.3, -0.25) is 0 Å². The number of benzene rings is 3. The third-order valence-electron chi connectivity index (χ3n) is 6.62. The molecule has 186 valence electrons. The Morgan fingerprint density at radius 2 is 1.37 bits per heavy atom. The highest BCUT2D eigenvalue weighted by Gasteiger charge is 2.65. The van der Waals surface area contributed by atoms with E-state index in [-0.39, 0.29) is 22.4 Å². The van der Waals surface area contributed by atoms with Gasteiger partial charge in [0.25, 0.3) is 0 Å². The van der Waals surface area contributed by atoms with Crippen LogP contribution in [0, 0.1) is 5.82 Å². The van der Waals surface area contributed by atoms with E-state index in [4.69, 9.17) is 4.74 Å². The Kier molecular flexibility index (Phi) is 5.75. The number of hydrogen-bond acceptors (Lipinski definition) is 3. The maximum absolute atomic E-state index is 16.5. The van der Waals surface area contributed by atoms with Crippen LogP contribution >= 0.6 is 0 Å². The summed E-state index contributed by atoms with van der Waals surface area (Å²) >= 11 is 0. The number of hydrogen-bond donors (Lipinski definition) is 2. The molecule has 2 unspecified atom stereocenters. The molecule has 0 amide bonds. The predicted molar refractivity (Wildman–Crippen MR) is 130 cm³/mol. The Hall–Kier alpha value is -2.99. The maximum atomic E-state index is 16.5. The molecule has 1 aliphatic rings. The molecule has 3 aromatic rings. The van der Waals surface area contributed by atoms with Gasteiger partial charge in [0.1, 0.15) is 5.75 Å². The molecule has 1 heterocycles. The molecule has 0 bridgehead atoms. The number of rotatable bonds is 2. The van der Waals surface area contributed by atoms with E-state index in [1.807, 2.05) is 41.5 Å². The molecule has 0 saturated heterocycles. The monoisotopic (exact) mass is 484 g/mol. The molecule has 0 aliphatic carbocycles. The second-order valence-electron chi connectivity index (χ2n) is 11.3. The number of fused-ring (bicyclic) bond motifs is 1. The van der Waals surface area contributed by atoms with Gasteiger partial charge in [-0.15, -0.1) is 0 Å². The first-order chi connectivity index (χ1) is 16.1. The van der Waals surface area contributed by atoms with Crippen molar-refractivity contribution in [3.05, 3.63) is 94.3 Å². The van der Waals surface area contributed by atoms with Gasteiger partial charge in [-0.2, -0.15) is 8.78 Å². The van der Waals surface area contributed by atoms with E-state index in [2.05, 4.69) is 0 Å². The van der Waals surface area contributed by atoms with Gasteiger partial charge >= 0.3 is 11.7 Å². The van der Waals surface area contributed by atoms with Crippen molar-refractivity contribution in [2.75, 3.05) is 0 Å². The molecule has 3 nitrogen and oxygen atoms in total. The van der Waals surface area contributed by atoms with Crippen LogP contribution in [0.4, 0.5) is 13.2 Å². The smallest absolute Gasteiger partial charge is 0.327 e. The minimum atomic E-state index is -3.89. The van der Waals surface area contributed by atoms with Crippen molar-refractivity contribution in [3.63, 3.8) is 0 Å². The molecule has 2 N–H and O–H groups in total. The van der Waals surface area contributed by atoms with Gasteiger partial charge in [-0.05, 0) is 33.6 Å². The van der Waals surface area contributed by atoms with Crippen LogP contribution in [0.1, 0.15) is 75.3 Å². The molecule has 0 aromatic heterocycles. The Balaban J connectivity index is 2.08. The van der Waals surface area contributed by atoms with Crippen LogP contribution in [0.5, 0.6) is 11.5 Å². The summed E-state index contributed by atoms with van der Waals surface area (Å²) in [7, 11) is 0. The van der Waals surface area contributed by atoms with E-state index in [1.165, 1.54) is 48.5 Å². The number of ether oxygens (including phenoxy) is 1. The van der Waals surface area contributed by atoms with Gasteiger partial charge < -0.3 is 14.9 Å². The lowest BCUT2D eigenvalue weighted by molar-refractivity contribution is -0.303. The number of aromatic hydroxyl groups is 1. The number of alkyl halides is 2. The van der Waals surface area contributed by atoms with E-state index < -0.39 is 40.0 Å². The van der Waals surface area contributed by atoms with Gasteiger partial charge in [0, 0.05) is 11.1 Å². The standard InChI is InChI=1S/C29H31F3O3/c1-26(2,3)20-15-17(16-21(24(20)33)27(4,5)6)23-19-13-10-14-22(30)25(19)35-29(34,28(23,31)32)18-11-8-7-9-12-18/h7-16,23,33-34H,1-6H3. The second-order valence-corrected chi connectivity index (χ2v) is 11.3. The Bertz CT molecular complexity index is 1220. The second kappa shape index (κ2) is 8.02. The normalized spacial score (nSPS) is 21.8. The Morgan fingerprint density at radius 3 is 1.89 bits per heavy atom. The molecular weight excluding hydrogens is 453 g/mol. The lowest BCUT2D eigenvalue weighted by Crippen LogP contribution is -2.56. The summed E-state index contributed by atoms with van der Waals surface area (Å²) < 4.78 is 53.3. The third-order valence-corrected chi connectivity index (χ3v) is 6.62. The predicted octanol–water partition coefficient (Wildman–Crippen LogP) is 7.13. The fourth-order valence-corrected chi connectivity index (χ4v) is 4.74. The number of halogens is 3. The Morgan fingerprint density at radius 1 is 0.829 bits per heavy atom. The van der Waals surface area contributed by atoms with Crippen LogP contribution < -0.4 is 4.74 Å². The number of phenolic OH excluding ortho intramolecular Hbond substituents is 1. The van der Waals surface area contributed by atoms with Crippen molar-refractivity contribution in [1.29, 1.82) is 0 Å². The molecule has 0 fully saturated rings. The van der Waals surface area contributed by atoms with Crippen LogP contribution in [0.15, 0.2) is 60.7 Å². The summed E-state index contributed by atoms with van der Waals surface area (Å²) in [5.41, 5.74) is -0.253. The zero-order valence-electron chi connectivity index (χ0n) is 20.8. The maximum Gasteiger partial charge on any atom is 0.327 e. The summed E-state index contributed by atoms with van der Waals surface area (Å²) in [4.78, 5) is 0. The van der Waals surface area contributed by atoms with Crippen molar-refractivity contribution in [3.8, 4) is 11.5 Å². The molecule has 35 heavy (non-hydrogen) atoms. The topological polar surface area (TPSA) is 49.7 Å². The quantitative estimate of drug-likeness (QED) is 0.407. The molecule has 4 rings (SSSR count). The summed E-state index contributed by atoms with van der Waals surface area (Å²) in [6.45, 7) is 11.3. The zero-order valence-corrected chi connectivity index (χ0v) is 20.8. The molecule has 0 saturated carbocycles. The average molecular weight is 485 g/mol. The molecule has 0 spiro atoms. The summed E-state index contributed by atoms with van der Waals surface area (Å²) in [6.07, 6.45) is 0. The van der Waals surface area contributed by atoms with Crippen molar-refractivity contribution >= 4 is 0 Å². The minimum absolute atomic E-state index is 0.0434. The first kappa shape index (κ1) is 25.1. The fraction of sp³-hybridized carbons (Fsp3) is 0.379. The third kappa shape index (κ3) is 3.98. The highest BCUT2D eigenvalue weighted by atomic mass is 19.3.